The zero-order chi connectivity index (χ0) is 14.4. The van der Waals surface area contributed by atoms with Crippen LogP contribution in [-0.2, 0) is 5.75 Å². The lowest BCUT2D eigenvalue weighted by Crippen LogP contribution is -2.32. The van der Waals surface area contributed by atoms with Crippen LogP contribution in [0.25, 0.3) is 0 Å². The summed E-state index contributed by atoms with van der Waals surface area (Å²) in [6, 6.07) is 0.681. The summed E-state index contributed by atoms with van der Waals surface area (Å²) in [6.07, 6.45) is 4.77. The third-order valence-electron chi connectivity index (χ3n) is 3.74. The highest BCUT2D eigenvalue weighted by Gasteiger charge is 2.25. The van der Waals surface area contributed by atoms with Gasteiger partial charge < -0.3 is 9.84 Å². The fraction of sp³-hybridized carbons (Fsp3) is 0.867. The summed E-state index contributed by atoms with van der Waals surface area (Å²) in [5.41, 5.74) is 0. The summed E-state index contributed by atoms with van der Waals surface area (Å²) in [5, 5.41) is 7.65. The predicted molar refractivity (Wildman–Crippen MR) is 84.0 cm³/mol. The van der Waals surface area contributed by atoms with Gasteiger partial charge in [0.25, 0.3) is 0 Å². The summed E-state index contributed by atoms with van der Waals surface area (Å²) in [6.45, 7) is 7.70. The average molecular weight is 297 g/mol. The molecule has 1 N–H and O–H groups in total. The molecule has 2 rings (SSSR count). The minimum atomic E-state index is 0.473. The highest BCUT2D eigenvalue weighted by atomic mass is 32.2. The van der Waals surface area contributed by atoms with Crippen LogP contribution < -0.4 is 5.32 Å². The lowest BCUT2D eigenvalue weighted by molar-refractivity contribution is 0.284. The molecule has 1 aromatic rings. The third-order valence-corrected chi connectivity index (χ3v) is 5.10. The minimum Gasteiger partial charge on any atom is -0.339 e. The molecule has 1 heterocycles. The molecule has 0 saturated heterocycles. The maximum absolute atomic E-state index is 5.46. The van der Waals surface area contributed by atoms with E-state index in [4.69, 9.17) is 4.52 Å². The molecule has 1 saturated carbocycles. The van der Waals surface area contributed by atoms with Gasteiger partial charge in [0.2, 0.25) is 5.89 Å². The molecule has 114 valence electrons. The SMILES string of the molecule is CCNC1CCC(c2nc(CSCC(C)C)no2)CC1. The van der Waals surface area contributed by atoms with E-state index in [-0.39, 0.29) is 0 Å². The Kier molecular flexibility index (Phi) is 6.36. The molecule has 0 unspecified atom stereocenters. The van der Waals surface area contributed by atoms with E-state index in [1.807, 2.05) is 11.8 Å². The number of hydrogen-bond donors (Lipinski definition) is 1. The number of hydrogen-bond acceptors (Lipinski definition) is 5. The van der Waals surface area contributed by atoms with Crippen molar-refractivity contribution in [3.8, 4) is 0 Å². The molecule has 4 nitrogen and oxygen atoms in total. The number of nitrogens with zero attached hydrogens (tertiary/aromatic N) is 2. The van der Waals surface area contributed by atoms with E-state index in [1.165, 1.54) is 25.7 Å². The van der Waals surface area contributed by atoms with Gasteiger partial charge in [0.05, 0.1) is 5.75 Å². The molecule has 0 radical (unpaired) electrons. The number of thioether (sulfide) groups is 1. The fourth-order valence-corrected chi connectivity index (χ4v) is 3.60. The van der Waals surface area contributed by atoms with Gasteiger partial charge in [0.1, 0.15) is 0 Å². The van der Waals surface area contributed by atoms with Gasteiger partial charge in [-0.25, -0.2) is 0 Å². The molecule has 1 aliphatic rings. The Morgan fingerprint density at radius 1 is 1.30 bits per heavy atom. The summed E-state index contributed by atoms with van der Waals surface area (Å²) in [5.74, 6) is 4.93. The molecule has 5 heteroatoms. The van der Waals surface area contributed by atoms with Gasteiger partial charge in [0.15, 0.2) is 5.82 Å². The van der Waals surface area contributed by atoms with Crippen LogP contribution in [0.2, 0.25) is 0 Å². The van der Waals surface area contributed by atoms with Crippen molar-refractivity contribution in [2.75, 3.05) is 12.3 Å². The Morgan fingerprint density at radius 2 is 2.05 bits per heavy atom. The first kappa shape index (κ1) is 15.8. The fourth-order valence-electron chi connectivity index (χ4n) is 2.71. The molecule has 0 atom stereocenters. The second kappa shape index (κ2) is 8.03. The normalized spacial score (nSPS) is 23.4. The molecule has 0 amide bonds. The summed E-state index contributed by atoms with van der Waals surface area (Å²) < 4.78 is 5.46. The molecule has 1 aliphatic carbocycles. The summed E-state index contributed by atoms with van der Waals surface area (Å²) in [7, 11) is 0. The Morgan fingerprint density at radius 3 is 2.70 bits per heavy atom. The number of aromatic nitrogens is 2. The first-order valence-electron chi connectivity index (χ1n) is 7.82. The number of nitrogens with one attached hydrogen (secondary N) is 1. The van der Waals surface area contributed by atoms with Crippen molar-refractivity contribution in [1.82, 2.24) is 15.5 Å². The van der Waals surface area contributed by atoms with E-state index < -0.39 is 0 Å². The predicted octanol–water partition coefficient (Wildman–Crippen LogP) is 3.59. The van der Waals surface area contributed by atoms with Gasteiger partial charge in [-0.15, -0.1) is 0 Å². The average Bonchev–Trinajstić information content (AvgIpc) is 2.88. The van der Waals surface area contributed by atoms with Gasteiger partial charge in [-0.1, -0.05) is 25.9 Å². The molecule has 1 aromatic heterocycles. The van der Waals surface area contributed by atoms with Crippen LogP contribution in [0.3, 0.4) is 0 Å². The van der Waals surface area contributed by atoms with E-state index in [0.717, 1.165) is 29.8 Å². The smallest absolute Gasteiger partial charge is 0.229 e. The lowest BCUT2D eigenvalue weighted by Gasteiger charge is -2.26. The van der Waals surface area contributed by atoms with E-state index in [1.54, 1.807) is 0 Å². The van der Waals surface area contributed by atoms with Crippen LogP contribution in [0.4, 0.5) is 0 Å². The largest absolute Gasteiger partial charge is 0.339 e. The van der Waals surface area contributed by atoms with Crippen LogP contribution in [0, 0.1) is 5.92 Å². The van der Waals surface area contributed by atoms with Crippen LogP contribution in [0.5, 0.6) is 0 Å². The molecule has 0 aromatic carbocycles. The van der Waals surface area contributed by atoms with Crippen LogP contribution in [0.15, 0.2) is 4.52 Å². The Bertz CT molecular complexity index is 386. The molecule has 0 spiro atoms. The zero-order valence-corrected chi connectivity index (χ0v) is 13.7. The van der Waals surface area contributed by atoms with Crippen molar-refractivity contribution in [3.05, 3.63) is 11.7 Å². The van der Waals surface area contributed by atoms with Crippen molar-refractivity contribution in [3.63, 3.8) is 0 Å². The summed E-state index contributed by atoms with van der Waals surface area (Å²) in [4.78, 5) is 4.58. The molecule has 1 fully saturated rings. The van der Waals surface area contributed by atoms with E-state index in [9.17, 15) is 0 Å². The van der Waals surface area contributed by atoms with Gasteiger partial charge in [0, 0.05) is 12.0 Å². The molecular formula is C15H27N3OS. The highest BCUT2D eigenvalue weighted by molar-refractivity contribution is 7.98. The van der Waals surface area contributed by atoms with Gasteiger partial charge in [-0.2, -0.15) is 16.7 Å². The van der Waals surface area contributed by atoms with Crippen molar-refractivity contribution in [2.45, 2.75) is 64.2 Å². The zero-order valence-electron chi connectivity index (χ0n) is 12.9. The molecule has 20 heavy (non-hydrogen) atoms. The second-order valence-corrected chi connectivity index (χ2v) is 7.09. The Labute approximate surface area is 126 Å². The highest BCUT2D eigenvalue weighted by Crippen LogP contribution is 2.32. The lowest BCUT2D eigenvalue weighted by atomic mass is 9.86. The second-order valence-electron chi connectivity index (χ2n) is 6.06. The van der Waals surface area contributed by atoms with E-state index in [0.29, 0.717) is 17.9 Å². The monoisotopic (exact) mass is 297 g/mol. The van der Waals surface area contributed by atoms with Crippen molar-refractivity contribution in [1.29, 1.82) is 0 Å². The maximum atomic E-state index is 5.46. The van der Waals surface area contributed by atoms with Crippen molar-refractivity contribution in [2.24, 2.45) is 5.92 Å². The minimum absolute atomic E-state index is 0.473. The van der Waals surface area contributed by atoms with Crippen LogP contribution in [-0.4, -0.2) is 28.5 Å². The van der Waals surface area contributed by atoms with Crippen LogP contribution >= 0.6 is 11.8 Å². The van der Waals surface area contributed by atoms with Crippen molar-refractivity contribution < 1.29 is 4.52 Å². The third kappa shape index (κ3) is 4.77. The van der Waals surface area contributed by atoms with Gasteiger partial charge in [-0.05, 0) is 43.9 Å². The number of rotatable bonds is 7. The topological polar surface area (TPSA) is 51.0 Å². The molecule has 0 bridgehead atoms. The first-order valence-corrected chi connectivity index (χ1v) is 8.98. The van der Waals surface area contributed by atoms with Gasteiger partial charge >= 0.3 is 0 Å². The quantitative estimate of drug-likeness (QED) is 0.833. The Hall–Kier alpha value is -0.550. The molecular weight excluding hydrogens is 270 g/mol. The van der Waals surface area contributed by atoms with Crippen molar-refractivity contribution >= 4 is 11.8 Å². The maximum Gasteiger partial charge on any atom is 0.229 e. The summed E-state index contributed by atoms with van der Waals surface area (Å²) >= 11 is 1.89. The van der Waals surface area contributed by atoms with Crippen LogP contribution in [0.1, 0.15) is 64.1 Å². The first-order chi connectivity index (χ1) is 9.69. The Balaban J connectivity index is 1.78. The van der Waals surface area contributed by atoms with Gasteiger partial charge in [-0.3, -0.25) is 0 Å². The molecule has 0 aliphatic heterocycles. The van der Waals surface area contributed by atoms with E-state index >= 15 is 0 Å². The van der Waals surface area contributed by atoms with E-state index in [2.05, 4.69) is 36.2 Å². The standard InChI is InChI=1S/C15H27N3OS/c1-4-16-13-7-5-12(6-8-13)15-17-14(18-19-15)10-20-9-11(2)3/h11-13,16H,4-10H2,1-3H3.